The highest BCUT2D eigenvalue weighted by Crippen LogP contribution is 2.29. The first-order valence-electron chi connectivity index (χ1n) is 5.88. The molecule has 3 N–H and O–H groups in total. The summed E-state index contributed by atoms with van der Waals surface area (Å²) >= 11 is 3.50. The van der Waals surface area contributed by atoms with Crippen LogP contribution in [0.4, 0.5) is 5.69 Å². The number of hydrogen-bond acceptors (Lipinski definition) is 3. The van der Waals surface area contributed by atoms with Crippen LogP contribution in [0.25, 0.3) is 10.8 Å². The third kappa shape index (κ3) is 2.94. The Morgan fingerprint density at radius 2 is 2.00 bits per heavy atom. The van der Waals surface area contributed by atoms with Crippen LogP contribution in [0.1, 0.15) is 0 Å². The molecule has 2 aromatic carbocycles. The summed E-state index contributed by atoms with van der Waals surface area (Å²) in [5.74, 6) is -0.238. The van der Waals surface area contributed by atoms with Gasteiger partial charge in [-0.25, -0.2) is 0 Å². The Morgan fingerprint density at radius 1 is 1.32 bits per heavy atom. The van der Waals surface area contributed by atoms with Crippen molar-refractivity contribution in [1.29, 1.82) is 0 Å². The van der Waals surface area contributed by atoms with E-state index in [2.05, 4.69) is 21.2 Å². The number of halogens is 1. The number of nitrogens with two attached hydrogens (primary N) is 1. The van der Waals surface area contributed by atoms with Gasteiger partial charge < -0.3 is 15.8 Å². The third-order valence-corrected chi connectivity index (χ3v) is 3.61. The van der Waals surface area contributed by atoms with Crippen LogP contribution in [0.5, 0.6) is 0 Å². The molecular weight excluding hydrogens is 308 g/mol. The maximum absolute atomic E-state index is 12.0. The molecule has 2 aromatic rings. The Morgan fingerprint density at radius 3 is 2.63 bits per heavy atom. The summed E-state index contributed by atoms with van der Waals surface area (Å²) in [6, 6.07) is 11.6. The Kier molecular flexibility index (Phi) is 4.52. The van der Waals surface area contributed by atoms with E-state index in [1.165, 1.54) is 7.11 Å². The summed E-state index contributed by atoms with van der Waals surface area (Å²) in [4.78, 5) is 12.0. The van der Waals surface area contributed by atoms with Crippen molar-refractivity contribution in [3.8, 4) is 0 Å². The normalized spacial score (nSPS) is 12.4. The number of methoxy groups -OCH3 is 1. The first-order valence-corrected chi connectivity index (χ1v) is 6.67. The quantitative estimate of drug-likeness (QED) is 0.909. The van der Waals surface area contributed by atoms with E-state index < -0.39 is 6.10 Å². The zero-order valence-corrected chi connectivity index (χ0v) is 12.1. The number of ether oxygens (including phenoxy) is 1. The lowest BCUT2D eigenvalue weighted by atomic mass is 10.1. The van der Waals surface area contributed by atoms with Crippen LogP contribution in [-0.4, -0.2) is 25.7 Å². The van der Waals surface area contributed by atoms with Crippen LogP contribution in [0.2, 0.25) is 0 Å². The number of fused-ring (bicyclic) bond motifs is 1. The van der Waals surface area contributed by atoms with E-state index in [9.17, 15) is 4.79 Å². The van der Waals surface area contributed by atoms with Gasteiger partial charge in [0.2, 0.25) is 0 Å². The van der Waals surface area contributed by atoms with Crippen LogP contribution in [0, 0.1) is 0 Å². The zero-order valence-electron chi connectivity index (χ0n) is 10.5. The molecule has 2 rings (SSSR count). The van der Waals surface area contributed by atoms with E-state index in [4.69, 9.17) is 10.5 Å². The minimum absolute atomic E-state index is 0.150. The highest BCUT2D eigenvalue weighted by molar-refractivity contribution is 9.10. The number of nitrogens with one attached hydrogen (secondary N) is 1. The predicted molar refractivity (Wildman–Crippen MR) is 80.1 cm³/mol. The molecule has 0 aliphatic rings. The molecule has 0 saturated carbocycles. The van der Waals surface area contributed by atoms with Gasteiger partial charge in [-0.05, 0) is 17.5 Å². The van der Waals surface area contributed by atoms with Gasteiger partial charge in [-0.3, -0.25) is 4.79 Å². The number of carbonyl (C=O) groups excluding carboxylic acids is 1. The summed E-state index contributed by atoms with van der Waals surface area (Å²) in [6.07, 6.45) is -0.637. The first-order chi connectivity index (χ1) is 9.17. The fraction of sp³-hybridized carbons (Fsp3) is 0.214. The van der Waals surface area contributed by atoms with Crippen LogP contribution in [0.15, 0.2) is 40.9 Å². The van der Waals surface area contributed by atoms with Gasteiger partial charge in [0.15, 0.2) is 0 Å². The Balaban J connectivity index is 2.36. The fourth-order valence-corrected chi connectivity index (χ4v) is 2.37. The van der Waals surface area contributed by atoms with Gasteiger partial charge in [0.25, 0.3) is 5.91 Å². The molecule has 0 spiro atoms. The minimum Gasteiger partial charge on any atom is -0.370 e. The van der Waals surface area contributed by atoms with Gasteiger partial charge >= 0.3 is 0 Å². The molecule has 19 heavy (non-hydrogen) atoms. The van der Waals surface area contributed by atoms with E-state index in [0.717, 1.165) is 20.9 Å². The maximum atomic E-state index is 12.0. The lowest BCUT2D eigenvalue weighted by Gasteiger charge is -2.15. The molecule has 0 aliphatic heterocycles. The van der Waals surface area contributed by atoms with Crippen molar-refractivity contribution in [2.24, 2.45) is 5.73 Å². The monoisotopic (exact) mass is 322 g/mol. The molecule has 0 aromatic heterocycles. The molecule has 0 heterocycles. The second-order valence-corrected chi connectivity index (χ2v) is 4.94. The van der Waals surface area contributed by atoms with Crippen LogP contribution < -0.4 is 11.1 Å². The van der Waals surface area contributed by atoms with E-state index >= 15 is 0 Å². The Bertz CT molecular complexity index is 597. The summed E-state index contributed by atoms with van der Waals surface area (Å²) in [5.41, 5.74) is 6.23. The van der Waals surface area contributed by atoms with Crippen molar-refractivity contribution in [3.05, 3.63) is 40.9 Å². The number of carbonyl (C=O) groups is 1. The lowest BCUT2D eigenvalue weighted by molar-refractivity contribution is -0.125. The predicted octanol–water partition coefficient (Wildman–Crippen LogP) is 2.51. The highest BCUT2D eigenvalue weighted by atomic mass is 79.9. The Hall–Kier alpha value is -1.43. The molecular formula is C14H15BrN2O2. The Labute approximate surface area is 120 Å². The maximum Gasteiger partial charge on any atom is 0.254 e. The van der Waals surface area contributed by atoms with Gasteiger partial charge in [0.1, 0.15) is 6.10 Å². The molecule has 0 bridgehead atoms. The van der Waals surface area contributed by atoms with Crippen molar-refractivity contribution in [1.82, 2.24) is 0 Å². The zero-order chi connectivity index (χ0) is 13.8. The molecule has 4 nitrogen and oxygen atoms in total. The van der Waals surface area contributed by atoms with Crippen LogP contribution in [-0.2, 0) is 9.53 Å². The van der Waals surface area contributed by atoms with Crippen molar-refractivity contribution < 1.29 is 9.53 Å². The van der Waals surface area contributed by atoms with E-state index in [-0.39, 0.29) is 12.5 Å². The average molecular weight is 323 g/mol. The van der Waals surface area contributed by atoms with Gasteiger partial charge in [-0.15, -0.1) is 0 Å². The molecule has 1 amide bonds. The van der Waals surface area contributed by atoms with Gasteiger partial charge in [0, 0.05) is 29.2 Å². The first kappa shape index (κ1) is 14.0. The number of benzene rings is 2. The van der Waals surface area contributed by atoms with E-state index in [0.29, 0.717) is 0 Å². The summed E-state index contributed by atoms with van der Waals surface area (Å²) in [5, 5.41) is 4.86. The molecule has 1 atom stereocenters. The van der Waals surface area contributed by atoms with Gasteiger partial charge in [-0.1, -0.05) is 40.2 Å². The highest BCUT2D eigenvalue weighted by Gasteiger charge is 2.16. The number of anilines is 1. The largest absolute Gasteiger partial charge is 0.370 e. The topological polar surface area (TPSA) is 64.3 Å². The molecule has 1 unspecified atom stereocenters. The number of rotatable bonds is 4. The van der Waals surface area contributed by atoms with Crippen molar-refractivity contribution in [2.45, 2.75) is 6.10 Å². The van der Waals surface area contributed by atoms with Crippen LogP contribution >= 0.6 is 15.9 Å². The molecule has 0 saturated heterocycles. The second kappa shape index (κ2) is 6.14. The third-order valence-electron chi connectivity index (χ3n) is 2.92. The van der Waals surface area contributed by atoms with Crippen molar-refractivity contribution in [2.75, 3.05) is 19.0 Å². The molecule has 0 fully saturated rings. The minimum atomic E-state index is -0.637. The lowest BCUT2D eigenvalue weighted by Crippen LogP contribution is -2.35. The fourth-order valence-electron chi connectivity index (χ4n) is 1.89. The number of hydrogen-bond donors (Lipinski definition) is 2. The SMILES string of the molecule is COC(CN)C(=O)Nc1ccc(Br)c2ccccc12. The summed E-state index contributed by atoms with van der Waals surface area (Å²) in [6.45, 7) is 0.150. The average Bonchev–Trinajstić information content (AvgIpc) is 2.44. The van der Waals surface area contributed by atoms with Crippen molar-refractivity contribution >= 4 is 38.3 Å². The second-order valence-electron chi connectivity index (χ2n) is 4.09. The van der Waals surface area contributed by atoms with Gasteiger partial charge in [-0.2, -0.15) is 0 Å². The van der Waals surface area contributed by atoms with Gasteiger partial charge in [0.05, 0.1) is 0 Å². The van der Waals surface area contributed by atoms with Crippen LogP contribution in [0.3, 0.4) is 0 Å². The summed E-state index contributed by atoms with van der Waals surface area (Å²) in [7, 11) is 1.47. The van der Waals surface area contributed by atoms with Crippen molar-refractivity contribution in [3.63, 3.8) is 0 Å². The summed E-state index contributed by atoms with van der Waals surface area (Å²) < 4.78 is 6.01. The van der Waals surface area contributed by atoms with E-state index in [1.54, 1.807) is 0 Å². The molecule has 0 aliphatic carbocycles. The van der Waals surface area contributed by atoms with E-state index in [1.807, 2.05) is 36.4 Å². The smallest absolute Gasteiger partial charge is 0.254 e. The molecule has 0 radical (unpaired) electrons. The standard InChI is InChI=1S/C14H15BrN2O2/c1-19-13(8-16)14(18)17-12-7-6-11(15)9-4-2-3-5-10(9)12/h2-7,13H,8,16H2,1H3,(H,17,18). The molecule has 100 valence electrons. The number of amides is 1. The molecule has 5 heteroatoms.